The van der Waals surface area contributed by atoms with Crippen molar-refractivity contribution in [2.45, 2.75) is 53.4 Å². The van der Waals surface area contributed by atoms with E-state index in [2.05, 4.69) is 11.4 Å². The molecule has 0 spiro atoms. The molecule has 1 amide bonds. The van der Waals surface area contributed by atoms with Crippen LogP contribution in [0.4, 0.5) is 0 Å². The average molecular weight is 341 g/mol. The second kappa shape index (κ2) is 8.56. The highest BCUT2D eigenvalue weighted by atomic mass is 16.5. The smallest absolute Gasteiger partial charge is 0.261 e. The summed E-state index contributed by atoms with van der Waals surface area (Å²) in [5, 5.41) is 2.91. The first kappa shape index (κ1) is 18.8. The Morgan fingerprint density at radius 2 is 1.64 bits per heavy atom. The molecule has 0 unspecified atom stereocenters. The molecule has 4 heteroatoms. The van der Waals surface area contributed by atoms with Gasteiger partial charge in [0.2, 0.25) is 0 Å². The van der Waals surface area contributed by atoms with E-state index in [-0.39, 0.29) is 12.0 Å². The van der Waals surface area contributed by atoms with Gasteiger partial charge in [0.15, 0.2) is 6.10 Å². The minimum Gasteiger partial charge on any atom is -0.491 e. The quantitative estimate of drug-likeness (QED) is 0.822. The van der Waals surface area contributed by atoms with Crippen molar-refractivity contribution in [2.24, 2.45) is 0 Å². The molecular formula is C21H27NO3. The van der Waals surface area contributed by atoms with Crippen LogP contribution in [0.1, 0.15) is 37.5 Å². The summed E-state index contributed by atoms with van der Waals surface area (Å²) in [5.41, 5.74) is 3.22. The number of carbonyl (C=O) groups is 1. The zero-order valence-electron chi connectivity index (χ0n) is 15.6. The summed E-state index contributed by atoms with van der Waals surface area (Å²) in [6.45, 7) is 10.2. The van der Waals surface area contributed by atoms with Gasteiger partial charge in [0.05, 0.1) is 6.10 Å². The number of aryl methyl sites for hydroxylation is 2. The van der Waals surface area contributed by atoms with E-state index in [0.717, 1.165) is 22.4 Å². The SMILES string of the molecule is Cc1cc(C)cc(O[C@@H](C)C(=O)NCc2cccc(OC(C)C)c2)c1. The van der Waals surface area contributed by atoms with Crippen molar-refractivity contribution in [3.8, 4) is 11.5 Å². The second-order valence-corrected chi connectivity index (χ2v) is 6.62. The molecule has 2 aromatic rings. The van der Waals surface area contributed by atoms with Gasteiger partial charge in [0.1, 0.15) is 11.5 Å². The van der Waals surface area contributed by atoms with Crippen molar-refractivity contribution in [1.29, 1.82) is 0 Å². The van der Waals surface area contributed by atoms with Crippen LogP contribution in [0.2, 0.25) is 0 Å². The molecule has 0 aliphatic carbocycles. The molecule has 1 N–H and O–H groups in total. The van der Waals surface area contributed by atoms with Crippen LogP contribution in [0.3, 0.4) is 0 Å². The Bertz CT molecular complexity index is 705. The largest absolute Gasteiger partial charge is 0.491 e. The van der Waals surface area contributed by atoms with Crippen molar-refractivity contribution in [3.05, 3.63) is 59.2 Å². The molecule has 0 saturated carbocycles. The third-order valence-corrected chi connectivity index (χ3v) is 3.61. The predicted octanol–water partition coefficient (Wildman–Crippen LogP) is 4.17. The Morgan fingerprint density at radius 3 is 2.28 bits per heavy atom. The summed E-state index contributed by atoms with van der Waals surface area (Å²) >= 11 is 0. The number of nitrogens with one attached hydrogen (secondary N) is 1. The van der Waals surface area contributed by atoms with Crippen LogP contribution in [0.15, 0.2) is 42.5 Å². The molecule has 0 aliphatic rings. The highest BCUT2D eigenvalue weighted by molar-refractivity contribution is 5.80. The minimum absolute atomic E-state index is 0.121. The summed E-state index contributed by atoms with van der Waals surface area (Å²) in [5.74, 6) is 1.38. The van der Waals surface area contributed by atoms with E-state index in [1.165, 1.54) is 0 Å². The summed E-state index contributed by atoms with van der Waals surface area (Å²) in [7, 11) is 0. The summed E-state index contributed by atoms with van der Waals surface area (Å²) in [6, 6.07) is 13.7. The van der Waals surface area contributed by atoms with Gasteiger partial charge in [-0.25, -0.2) is 0 Å². The first-order valence-electron chi connectivity index (χ1n) is 8.62. The molecule has 0 aliphatic heterocycles. The van der Waals surface area contributed by atoms with Gasteiger partial charge in [-0.1, -0.05) is 18.2 Å². The highest BCUT2D eigenvalue weighted by Crippen LogP contribution is 2.18. The van der Waals surface area contributed by atoms with Crippen LogP contribution < -0.4 is 14.8 Å². The lowest BCUT2D eigenvalue weighted by Gasteiger charge is -2.16. The number of benzene rings is 2. The topological polar surface area (TPSA) is 47.6 Å². The maximum absolute atomic E-state index is 12.3. The summed E-state index contributed by atoms with van der Waals surface area (Å²) in [4.78, 5) is 12.3. The minimum atomic E-state index is -0.559. The van der Waals surface area contributed by atoms with Crippen LogP contribution in [0, 0.1) is 13.8 Å². The standard InChI is InChI=1S/C21H27NO3/c1-14(2)24-19-8-6-7-18(12-19)13-22-21(23)17(5)25-20-10-15(3)9-16(4)11-20/h6-12,14,17H,13H2,1-5H3,(H,22,23)/t17-/m0/s1. The molecular weight excluding hydrogens is 314 g/mol. The lowest BCUT2D eigenvalue weighted by molar-refractivity contribution is -0.127. The van der Waals surface area contributed by atoms with Crippen LogP contribution in [0.5, 0.6) is 11.5 Å². The Labute approximate surface area is 150 Å². The first-order chi connectivity index (χ1) is 11.8. The lowest BCUT2D eigenvalue weighted by Crippen LogP contribution is -2.35. The van der Waals surface area contributed by atoms with E-state index >= 15 is 0 Å². The Kier molecular flexibility index (Phi) is 6.45. The molecule has 0 radical (unpaired) electrons. The zero-order chi connectivity index (χ0) is 18.4. The van der Waals surface area contributed by atoms with Crippen LogP contribution in [-0.4, -0.2) is 18.1 Å². The maximum atomic E-state index is 12.3. The maximum Gasteiger partial charge on any atom is 0.261 e. The molecule has 2 aromatic carbocycles. The predicted molar refractivity (Wildman–Crippen MR) is 100 cm³/mol. The fraction of sp³-hybridized carbons (Fsp3) is 0.381. The third-order valence-electron chi connectivity index (χ3n) is 3.61. The molecule has 0 aromatic heterocycles. The van der Waals surface area contributed by atoms with Crippen LogP contribution in [0.25, 0.3) is 0 Å². The number of amides is 1. The first-order valence-corrected chi connectivity index (χ1v) is 8.62. The van der Waals surface area contributed by atoms with Crippen molar-refractivity contribution in [1.82, 2.24) is 5.32 Å². The molecule has 0 heterocycles. The Balaban J connectivity index is 1.91. The number of hydrogen-bond acceptors (Lipinski definition) is 3. The monoisotopic (exact) mass is 341 g/mol. The molecule has 25 heavy (non-hydrogen) atoms. The Morgan fingerprint density at radius 1 is 0.960 bits per heavy atom. The Hall–Kier alpha value is -2.49. The van der Waals surface area contributed by atoms with Crippen molar-refractivity contribution in [3.63, 3.8) is 0 Å². The van der Waals surface area contributed by atoms with Crippen molar-refractivity contribution >= 4 is 5.91 Å². The lowest BCUT2D eigenvalue weighted by atomic mass is 10.1. The molecule has 0 bridgehead atoms. The van der Waals surface area contributed by atoms with Crippen LogP contribution >= 0.6 is 0 Å². The van der Waals surface area contributed by atoms with Crippen LogP contribution in [-0.2, 0) is 11.3 Å². The van der Waals surface area contributed by atoms with Gasteiger partial charge >= 0.3 is 0 Å². The highest BCUT2D eigenvalue weighted by Gasteiger charge is 2.14. The fourth-order valence-electron chi connectivity index (χ4n) is 2.59. The van der Waals surface area contributed by atoms with Gasteiger partial charge in [-0.15, -0.1) is 0 Å². The number of carbonyl (C=O) groups excluding carboxylic acids is 1. The van der Waals surface area contributed by atoms with E-state index < -0.39 is 6.10 Å². The normalized spacial score (nSPS) is 11.9. The van der Waals surface area contributed by atoms with Gasteiger partial charge in [0, 0.05) is 6.54 Å². The zero-order valence-corrected chi connectivity index (χ0v) is 15.6. The molecule has 1 atom stereocenters. The van der Waals surface area contributed by atoms with Gasteiger partial charge in [-0.3, -0.25) is 4.79 Å². The number of hydrogen-bond donors (Lipinski definition) is 1. The molecule has 2 rings (SSSR count). The molecule has 134 valence electrons. The third kappa shape index (κ3) is 6.14. The number of rotatable bonds is 7. The van der Waals surface area contributed by atoms with Gasteiger partial charge in [-0.2, -0.15) is 0 Å². The summed E-state index contributed by atoms with van der Waals surface area (Å²) in [6.07, 6.45) is -0.438. The van der Waals surface area contributed by atoms with Gasteiger partial charge in [-0.05, 0) is 75.6 Å². The molecule has 0 saturated heterocycles. The average Bonchev–Trinajstić information content (AvgIpc) is 2.51. The fourth-order valence-corrected chi connectivity index (χ4v) is 2.59. The molecule has 0 fully saturated rings. The van der Waals surface area contributed by atoms with Crippen molar-refractivity contribution < 1.29 is 14.3 Å². The van der Waals surface area contributed by atoms with E-state index in [0.29, 0.717) is 12.3 Å². The van der Waals surface area contributed by atoms with Gasteiger partial charge < -0.3 is 14.8 Å². The van der Waals surface area contributed by atoms with E-state index in [1.54, 1.807) is 6.92 Å². The summed E-state index contributed by atoms with van der Waals surface area (Å²) < 4.78 is 11.4. The van der Waals surface area contributed by atoms with E-state index in [1.807, 2.05) is 64.1 Å². The molecule has 4 nitrogen and oxygen atoms in total. The number of ether oxygens (including phenoxy) is 2. The van der Waals surface area contributed by atoms with Gasteiger partial charge in [0.25, 0.3) is 5.91 Å². The van der Waals surface area contributed by atoms with Crippen molar-refractivity contribution in [2.75, 3.05) is 0 Å². The van der Waals surface area contributed by atoms with E-state index in [9.17, 15) is 4.79 Å². The van der Waals surface area contributed by atoms with E-state index in [4.69, 9.17) is 9.47 Å². The second-order valence-electron chi connectivity index (χ2n) is 6.62.